The Bertz CT molecular complexity index is 409. The van der Waals surface area contributed by atoms with Gasteiger partial charge in [-0.05, 0) is 18.6 Å². The van der Waals surface area contributed by atoms with E-state index < -0.39 is 12.1 Å². The Labute approximate surface area is 106 Å². The Balaban J connectivity index is 2.75. The normalized spacial score (nSPS) is 12.2. The van der Waals surface area contributed by atoms with Crippen LogP contribution in [0.1, 0.15) is 23.0 Å². The lowest BCUT2D eigenvalue weighted by Gasteiger charge is -2.12. The average molecular weight is 254 g/mol. The molecule has 0 aliphatic heterocycles. The van der Waals surface area contributed by atoms with Crippen LogP contribution in [0, 0.1) is 0 Å². The van der Waals surface area contributed by atoms with E-state index in [-0.39, 0.29) is 18.7 Å². The highest BCUT2D eigenvalue weighted by molar-refractivity contribution is 5.88. The van der Waals surface area contributed by atoms with Gasteiger partial charge in [-0.15, -0.1) is 0 Å². The van der Waals surface area contributed by atoms with Gasteiger partial charge in [0.05, 0.1) is 18.3 Å². The molecule has 0 saturated carbocycles. The van der Waals surface area contributed by atoms with Crippen molar-refractivity contribution < 1.29 is 19.7 Å². The molecule has 0 aromatic carbocycles. The lowest BCUT2D eigenvalue weighted by molar-refractivity contribution is 0.0696. The maximum Gasteiger partial charge on any atom is 0.335 e. The molecule has 1 aromatic heterocycles. The lowest BCUT2D eigenvalue weighted by atomic mass is 10.2. The van der Waals surface area contributed by atoms with Crippen molar-refractivity contribution in [2.45, 2.75) is 19.4 Å². The Morgan fingerprint density at radius 3 is 2.83 bits per heavy atom. The average Bonchev–Trinajstić information content (AvgIpc) is 2.36. The Hall–Kier alpha value is -1.66. The van der Waals surface area contributed by atoms with Gasteiger partial charge in [-0.25, -0.2) is 9.78 Å². The zero-order valence-electron chi connectivity index (χ0n) is 10.5. The molecular formula is C12H18N2O4. The number of nitrogens with one attached hydrogen (secondary N) is 1. The molecule has 6 heteroatoms. The highest BCUT2D eigenvalue weighted by Crippen LogP contribution is 2.11. The third-order valence-corrected chi connectivity index (χ3v) is 2.37. The van der Waals surface area contributed by atoms with Gasteiger partial charge in [-0.1, -0.05) is 6.92 Å². The molecular weight excluding hydrogens is 236 g/mol. The number of hydrogen-bond donors (Lipinski definition) is 3. The molecule has 0 aliphatic rings. The third kappa shape index (κ3) is 4.31. The van der Waals surface area contributed by atoms with Crippen LogP contribution in [0.3, 0.4) is 0 Å². The quantitative estimate of drug-likeness (QED) is 0.665. The zero-order valence-corrected chi connectivity index (χ0v) is 10.5. The molecule has 1 aromatic rings. The zero-order chi connectivity index (χ0) is 13.5. The van der Waals surface area contributed by atoms with Gasteiger partial charge >= 0.3 is 5.97 Å². The van der Waals surface area contributed by atoms with E-state index >= 15 is 0 Å². The summed E-state index contributed by atoms with van der Waals surface area (Å²) in [5.41, 5.74) is 0.879. The Kier molecular flexibility index (Phi) is 5.54. The van der Waals surface area contributed by atoms with Gasteiger partial charge in [0.15, 0.2) is 0 Å². The number of hydrogen-bond acceptors (Lipinski definition) is 5. The first-order chi connectivity index (χ1) is 8.56. The largest absolute Gasteiger partial charge is 0.478 e. The summed E-state index contributed by atoms with van der Waals surface area (Å²) in [6.07, 6.45) is -0.00784. The van der Waals surface area contributed by atoms with Crippen LogP contribution in [0.25, 0.3) is 0 Å². The van der Waals surface area contributed by atoms with E-state index in [1.807, 2.05) is 6.92 Å². The van der Waals surface area contributed by atoms with E-state index in [2.05, 4.69) is 10.3 Å². The van der Waals surface area contributed by atoms with Gasteiger partial charge < -0.3 is 20.3 Å². The van der Waals surface area contributed by atoms with E-state index in [0.29, 0.717) is 17.9 Å². The SMILES string of the molecule is CCc1cc(C(=O)O)cc(NCC(O)COC)n1. The van der Waals surface area contributed by atoms with Gasteiger partial charge in [0.1, 0.15) is 5.82 Å². The Morgan fingerprint density at radius 1 is 1.56 bits per heavy atom. The minimum absolute atomic E-state index is 0.186. The summed E-state index contributed by atoms with van der Waals surface area (Å²) >= 11 is 0. The molecule has 1 rings (SSSR count). The van der Waals surface area contributed by atoms with Crippen molar-refractivity contribution in [1.82, 2.24) is 4.98 Å². The second-order valence-corrected chi connectivity index (χ2v) is 3.88. The maximum atomic E-state index is 10.9. The summed E-state index contributed by atoms with van der Waals surface area (Å²) in [6.45, 7) is 2.37. The molecule has 0 bridgehead atoms. The van der Waals surface area contributed by atoms with Crippen molar-refractivity contribution in [3.8, 4) is 0 Å². The number of aliphatic hydroxyl groups excluding tert-OH is 1. The standard InChI is InChI=1S/C12H18N2O4/c1-3-9-4-8(12(16)17)5-11(14-9)13-6-10(15)7-18-2/h4-5,10,15H,3,6-7H2,1-2H3,(H,13,14)(H,16,17). The molecule has 0 amide bonds. The minimum atomic E-state index is -0.993. The van der Waals surface area contributed by atoms with Crippen LogP contribution in [-0.2, 0) is 11.2 Å². The fourth-order valence-electron chi connectivity index (χ4n) is 1.46. The lowest BCUT2D eigenvalue weighted by Crippen LogP contribution is -2.24. The van der Waals surface area contributed by atoms with Crippen molar-refractivity contribution in [2.24, 2.45) is 0 Å². The van der Waals surface area contributed by atoms with Crippen LogP contribution in [0.4, 0.5) is 5.82 Å². The molecule has 0 fully saturated rings. The predicted molar refractivity (Wildman–Crippen MR) is 66.9 cm³/mol. The summed E-state index contributed by atoms with van der Waals surface area (Å²) in [4.78, 5) is 15.2. The summed E-state index contributed by atoms with van der Waals surface area (Å²) in [6, 6.07) is 2.99. The molecule has 1 unspecified atom stereocenters. The van der Waals surface area contributed by atoms with E-state index in [4.69, 9.17) is 9.84 Å². The number of carboxylic acids is 1. The summed E-state index contributed by atoms with van der Waals surface area (Å²) in [5, 5.41) is 21.3. The molecule has 0 spiro atoms. The van der Waals surface area contributed by atoms with Gasteiger partial charge in [0.2, 0.25) is 0 Å². The fraction of sp³-hybridized carbons (Fsp3) is 0.500. The number of ether oxygens (including phenoxy) is 1. The molecule has 3 N–H and O–H groups in total. The van der Waals surface area contributed by atoms with Crippen LogP contribution < -0.4 is 5.32 Å². The number of carbonyl (C=O) groups is 1. The summed E-state index contributed by atoms with van der Waals surface area (Å²) < 4.78 is 4.79. The summed E-state index contributed by atoms with van der Waals surface area (Å²) in [7, 11) is 1.50. The molecule has 100 valence electrons. The van der Waals surface area contributed by atoms with Gasteiger partial charge in [-0.2, -0.15) is 0 Å². The van der Waals surface area contributed by atoms with E-state index in [1.165, 1.54) is 13.2 Å². The molecule has 0 saturated heterocycles. The van der Waals surface area contributed by atoms with Crippen LogP contribution >= 0.6 is 0 Å². The first-order valence-corrected chi connectivity index (χ1v) is 5.72. The molecule has 0 aliphatic carbocycles. The van der Waals surface area contributed by atoms with Crippen molar-refractivity contribution in [1.29, 1.82) is 0 Å². The second kappa shape index (κ2) is 6.93. The number of aryl methyl sites for hydroxylation is 1. The first-order valence-electron chi connectivity index (χ1n) is 5.72. The van der Waals surface area contributed by atoms with Crippen molar-refractivity contribution in [3.05, 3.63) is 23.4 Å². The van der Waals surface area contributed by atoms with Crippen LogP contribution in [0.2, 0.25) is 0 Å². The number of nitrogens with zero attached hydrogens (tertiary/aromatic N) is 1. The van der Waals surface area contributed by atoms with Crippen LogP contribution in [0.15, 0.2) is 12.1 Å². The van der Waals surface area contributed by atoms with Gasteiger partial charge in [0.25, 0.3) is 0 Å². The number of methoxy groups -OCH3 is 1. The number of aromatic nitrogens is 1. The monoisotopic (exact) mass is 254 g/mol. The number of anilines is 1. The van der Waals surface area contributed by atoms with Gasteiger partial charge in [0, 0.05) is 19.3 Å². The molecule has 1 atom stereocenters. The van der Waals surface area contributed by atoms with Crippen molar-refractivity contribution in [3.63, 3.8) is 0 Å². The number of aliphatic hydroxyl groups is 1. The number of rotatable bonds is 7. The van der Waals surface area contributed by atoms with Crippen molar-refractivity contribution in [2.75, 3.05) is 25.6 Å². The summed E-state index contributed by atoms with van der Waals surface area (Å²) in [5.74, 6) is -0.547. The highest BCUT2D eigenvalue weighted by Gasteiger charge is 2.09. The van der Waals surface area contributed by atoms with Crippen LogP contribution in [-0.4, -0.2) is 47.5 Å². The molecule has 6 nitrogen and oxygen atoms in total. The predicted octanol–water partition coefficient (Wildman–Crippen LogP) is 0.761. The highest BCUT2D eigenvalue weighted by atomic mass is 16.5. The number of carboxylic acid groups (broad SMARTS) is 1. The fourth-order valence-corrected chi connectivity index (χ4v) is 1.46. The van der Waals surface area contributed by atoms with E-state index in [1.54, 1.807) is 6.07 Å². The van der Waals surface area contributed by atoms with E-state index in [0.717, 1.165) is 0 Å². The molecule has 1 heterocycles. The van der Waals surface area contributed by atoms with E-state index in [9.17, 15) is 9.90 Å². The second-order valence-electron chi connectivity index (χ2n) is 3.88. The molecule has 0 radical (unpaired) electrons. The smallest absolute Gasteiger partial charge is 0.335 e. The Morgan fingerprint density at radius 2 is 2.28 bits per heavy atom. The topological polar surface area (TPSA) is 91.7 Å². The van der Waals surface area contributed by atoms with Crippen LogP contribution in [0.5, 0.6) is 0 Å². The number of aromatic carboxylic acids is 1. The van der Waals surface area contributed by atoms with Gasteiger partial charge in [-0.3, -0.25) is 0 Å². The molecule has 18 heavy (non-hydrogen) atoms. The third-order valence-electron chi connectivity index (χ3n) is 2.37. The number of pyridine rings is 1. The minimum Gasteiger partial charge on any atom is -0.478 e. The van der Waals surface area contributed by atoms with Crippen molar-refractivity contribution >= 4 is 11.8 Å². The first kappa shape index (κ1) is 14.4. The maximum absolute atomic E-state index is 10.9.